The number of carbonyl (C=O) groups is 1. The Morgan fingerprint density at radius 2 is 1.79 bits per heavy atom. The highest BCUT2D eigenvalue weighted by Gasteiger charge is 2.15. The minimum absolute atomic E-state index is 0.121. The zero-order valence-corrected chi connectivity index (χ0v) is 14.2. The molecule has 4 nitrogen and oxygen atoms in total. The van der Waals surface area contributed by atoms with Gasteiger partial charge in [-0.05, 0) is 60.9 Å². The minimum atomic E-state index is -0.166. The van der Waals surface area contributed by atoms with Gasteiger partial charge in [-0.25, -0.2) is 0 Å². The van der Waals surface area contributed by atoms with Crippen LogP contribution in [-0.4, -0.2) is 23.1 Å². The predicted octanol–water partition coefficient (Wildman–Crippen LogP) is 4.13. The van der Waals surface area contributed by atoms with Gasteiger partial charge in [0.15, 0.2) is 5.78 Å². The first-order valence-corrected chi connectivity index (χ1v) is 7.94. The van der Waals surface area contributed by atoms with Crippen molar-refractivity contribution >= 4 is 11.9 Å². The van der Waals surface area contributed by atoms with Crippen LogP contribution in [0, 0.1) is 0 Å². The molecule has 0 atom stereocenters. The van der Waals surface area contributed by atoms with Gasteiger partial charge in [0.05, 0.1) is 7.11 Å². The SMILES string of the molecule is CCc1cc(/C=C/C(=O)c2ccc(O)cc2)c(OC)c(CC)c1O. The van der Waals surface area contributed by atoms with Gasteiger partial charge in [0.25, 0.3) is 0 Å². The van der Waals surface area contributed by atoms with Gasteiger partial charge >= 0.3 is 0 Å². The number of hydrogen-bond acceptors (Lipinski definition) is 4. The largest absolute Gasteiger partial charge is 0.508 e. The van der Waals surface area contributed by atoms with Crippen molar-refractivity contribution in [2.75, 3.05) is 7.11 Å². The molecule has 0 aliphatic rings. The third-order valence-electron chi connectivity index (χ3n) is 3.96. The number of carbonyl (C=O) groups excluding carboxylic acids is 1. The number of hydrogen-bond donors (Lipinski definition) is 2. The topological polar surface area (TPSA) is 66.8 Å². The van der Waals surface area contributed by atoms with Gasteiger partial charge in [0.1, 0.15) is 17.2 Å². The Morgan fingerprint density at radius 3 is 2.33 bits per heavy atom. The van der Waals surface area contributed by atoms with Crippen molar-refractivity contribution in [1.82, 2.24) is 0 Å². The van der Waals surface area contributed by atoms with Crippen molar-refractivity contribution in [2.24, 2.45) is 0 Å². The van der Waals surface area contributed by atoms with Crippen LogP contribution in [0.15, 0.2) is 36.4 Å². The van der Waals surface area contributed by atoms with Gasteiger partial charge in [-0.3, -0.25) is 4.79 Å². The maximum absolute atomic E-state index is 12.2. The fourth-order valence-electron chi connectivity index (χ4n) is 2.65. The van der Waals surface area contributed by atoms with Crippen LogP contribution in [0.2, 0.25) is 0 Å². The molecule has 0 spiro atoms. The smallest absolute Gasteiger partial charge is 0.185 e. The first kappa shape index (κ1) is 17.6. The Balaban J connectivity index is 2.40. The van der Waals surface area contributed by atoms with Crippen molar-refractivity contribution in [3.63, 3.8) is 0 Å². The molecule has 2 N–H and O–H groups in total. The van der Waals surface area contributed by atoms with E-state index in [0.717, 1.165) is 16.7 Å². The summed E-state index contributed by atoms with van der Waals surface area (Å²) in [7, 11) is 1.55. The number of phenols is 2. The molecule has 0 bridgehead atoms. The molecular formula is C20H22O4. The summed E-state index contributed by atoms with van der Waals surface area (Å²) in [4.78, 5) is 12.2. The number of aryl methyl sites for hydroxylation is 1. The fourth-order valence-corrected chi connectivity index (χ4v) is 2.65. The standard InChI is InChI=1S/C20H22O4/c1-4-13-12-15(20(24-3)17(5-2)19(13)23)8-11-18(22)14-6-9-16(21)10-7-14/h6-12,21,23H,4-5H2,1-3H3/b11-8+. The van der Waals surface area contributed by atoms with E-state index < -0.39 is 0 Å². The van der Waals surface area contributed by atoms with Gasteiger partial charge < -0.3 is 14.9 Å². The highest BCUT2D eigenvalue weighted by Crippen LogP contribution is 2.36. The number of allylic oxidation sites excluding steroid dienone is 1. The molecule has 0 radical (unpaired) electrons. The molecule has 0 aromatic heterocycles. The molecule has 0 aliphatic heterocycles. The Bertz CT molecular complexity index is 758. The van der Waals surface area contributed by atoms with Crippen LogP contribution in [-0.2, 0) is 12.8 Å². The maximum Gasteiger partial charge on any atom is 0.185 e. The summed E-state index contributed by atoms with van der Waals surface area (Å²) >= 11 is 0. The zero-order chi connectivity index (χ0) is 17.7. The second-order valence-corrected chi connectivity index (χ2v) is 5.44. The van der Waals surface area contributed by atoms with E-state index in [0.29, 0.717) is 24.2 Å². The maximum atomic E-state index is 12.2. The third-order valence-corrected chi connectivity index (χ3v) is 3.96. The van der Waals surface area contributed by atoms with Crippen LogP contribution in [0.1, 0.15) is 40.9 Å². The number of aromatic hydroxyl groups is 2. The molecule has 126 valence electrons. The summed E-state index contributed by atoms with van der Waals surface area (Å²) in [6.07, 6.45) is 4.50. The molecule has 0 saturated heterocycles. The Morgan fingerprint density at radius 1 is 1.12 bits per heavy atom. The van der Waals surface area contributed by atoms with E-state index in [2.05, 4.69) is 0 Å². The van der Waals surface area contributed by atoms with Crippen LogP contribution in [0.5, 0.6) is 17.2 Å². The molecule has 0 saturated carbocycles. The summed E-state index contributed by atoms with van der Waals surface area (Å²) in [5.41, 5.74) is 2.82. The third kappa shape index (κ3) is 3.59. The molecule has 0 amide bonds. The molecule has 2 aromatic rings. The van der Waals surface area contributed by atoms with Gasteiger partial charge in [-0.1, -0.05) is 13.8 Å². The summed E-state index contributed by atoms with van der Waals surface area (Å²) in [6, 6.07) is 7.95. The lowest BCUT2D eigenvalue weighted by atomic mass is 9.98. The quantitative estimate of drug-likeness (QED) is 0.619. The summed E-state index contributed by atoms with van der Waals surface area (Å²) in [6.45, 7) is 3.92. The Labute approximate surface area is 142 Å². The van der Waals surface area contributed by atoms with Gasteiger partial charge in [-0.15, -0.1) is 0 Å². The zero-order valence-electron chi connectivity index (χ0n) is 14.2. The number of benzene rings is 2. The Kier molecular flexibility index (Phi) is 5.64. The molecule has 0 fully saturated rings. The van der Waals surface area contributed by atoms with E-state index in [1.165, 1.54) is 18.2 Å². The number of phenolic OH excluding ortho intramolecular Hbond substituents is 2. The van der Waals surface area contributed by atoms with E-state index in [1.54, 1.807) is 25.3 Å². The molecule has 4 heteroatoms. The molecule has 2 aromatic carbocycles. The lowest BCUT2D eigenvalue weighted by Crippen LogP contribution is -1.99. The second kappa shape index (κ2) is 7.68. The average molecular weight is 326 g/mol. The summed E-state index contributed by atoms with van der Waals surface area (Å²) in [5, 5.41) is 19.6. The van der Waals surface area contributed by atoms with Crippen molar-refractivity contribution in [1.29, 1.82) is 0 Å². The molecule has 0 aliphatic carbocycles. The highest BCUT2D eigenvalue weighted by molar-refractivity contribution is 6.07. The number of ketones is 1. The number of ether oxygens (including phenoxy) is 1. The first-order chi connectivity index (χ1) is 11.5. The molecular weight excluding hydrogens is 304 g/mol. The van der Waals surface area contributed by atoms with Crippen LogP contribution in [0.25, 0.3) is 6.08 Å². The van der Waals surface area contributed by atoms with Crippen LogP contribution >= 0.6 is 0 Å². The van der Waals surface area contributed by atoms with E-state index in [4.69, 9.17) is 4.74 Å². The van der Waals surface area contributed by atoms with Crippen molar-refractivity contribution < 1.29 is 19.7 Å². The minimum Gasteiger partial charge on any atom is -0.508 e. The molecule has 0 unspecified atom stereocenters. The molecule has 0 heterocycles. The van der Waals surface area contributed by atoms with E-state index in [1.807, 2.05) is 19.9 Å². The van der Waals surface area contributed by atoms with Crippen LogP contribution in [0.4, 0.5) is 0 Å². The van der Waals surface area contributed by atoms with Gasteiger partial charge in [0, 0.05) is 16.7 Å². The summed E-state index contributed by atoms with van der Waals surface area (Å²) in [5.74, 6) is 0.804. The monoisotopic (exact) mass is 326 g/mol. The lowest BCUT2D eigenvalue weighted by molar-refractivity contribution is 0.104. The Hall–Kier alpha value is -2.75. The normalized spacial score (nSPS) is 11.0. The number of methoxy groups -OCH3 is 1. The van der Waals surface area contributed by atoms with Gasteiger partial charge in [0.2, 0.25) is 0 Å². The van der Waals surface area contributed by atoms with Crippen molar-refractivity contribution in [3.8, 4) is 17.2 Å². The van der Waals surface area contributed by atoms with E-state index >= 15 is 0 Å². The fraction of sp³-hybridized carbons (Fsp3) is 0.250. The van der Waals surface area contributed by atoms with E-state index in [-0.39, 0.29) is 17.3 Å². The van der Waals surface area contributed by atoms with Crippen molar-refractivity contribution in [3.05, 3.63) is 58.7 Å². The second-order valence-electron chi connectivity index (χ2n) is 5.44. The molecule has 2 rings (SSSR count). The molecule has 24 heavy (non-hydrogen) atoms. The average Bonchev–Trinajstić information content (AvgIpc) is 2.60. The van der Waals surface area contributed by atoms with E-state index in [9.17, 15) is 15.0 Å². The first-order valence-electron chi connectivity index (χ1n) is 7.94. The predicted molar refractivity (Wildman–Crippen MR) is 94.9 cm³/mol. The van der Waals surface area contributed by atoms with Crippen LogP contribution in [0.3, 0.4) is 0 Å². The van der Waals surface area contributed by atoms with Crippen LogP contribution < -0.4 is 4.74 Å². The lowest BCUT2D eigenvalue weighted by Gasteiger charge is -2.15. The van der Waals surface area contributed by atoms with Gasteiger partial charge in [-0.2, -0.15) is 0 Å². The summed E-state index contributed by atoms with van der Waals surface area (Å²) < 4.78 is 5.45. The highest BCUT2D eigenvalue weighted by atomic mass is 16.5. The number of rotatable bonds is 6. The van der Waals surface area contributed by atoms with Crippen molar-refractivity contribution in [2.45, 2.75) is 26.7 Å².